The summed E-state index contributed by atoms with van der Waals surface area (Å²) < 4.78 is 11.8. The summed E-state index contributed by atoms with van der Waals surface area (Å²) in [7, 11) is 0. The molecular weight excluding hydrogens is 202 g/mol. The lowest BCUT2D eigenvalue weighted by atomic mass is 9.76. The summed E-state index contributed by atoms with van der Waals surface area (Å²) in [4.78, 5) is 0. The molecule has 2 N–H and O–H groups in total. The smallest absolute Gasteiger partial charge is 0.0631 e. The monoisotopic (exact) mass is 227 g/mol. The summed E-state index contributed by atoms with van der Waals surface area (Å²) in [6.07, 6.45) is 5.14. The Kier molecular flexibility index (Phi) is 3.30. The maximum Gasteiger partial charge on any atom is 0.0631 e. The Morgan fingerprint density at radius 2 is 2.06 bits per heavy atom. The van der Waals surface area contributed by atoms with Gasteiger partial charge in [-0.3, -0.25) is 0 Å². The van der Waals surface area contributed by atoms with E-state index >= 15 is 0 Å². The highest BCUT2D eigenvalue weighted by molar-refractivity contribution is 4.94. The summed E-state index contributed by atoms with van der Waals surface area (Å²) in [5, 5.41) is 0. The van der Waals surface area contributed by atoms with E-state index in [2.05, 4.69) is 20.8 Å². The van der Waals surface area contributed by atoms with Crippen LogP contribution in [0.3, 0.4) is 0 Å². The van der Waals surface area contributed by atoms with Gasteiger partial charge in [0.25, 0.3) is 0 Å². The van der Waals surface area contributed by atoms with Crippen molar-refractivity contribution in [2.75, 3.05) is 13.2 Å². The van der Waals surface area contributed by atoms with Crippen LogP contribution in [-0.4, -0.2) is 31.0 Å². The third kappa shape index (κ3) is 2.27. The van der Waals surface area contributed by atoms with Gasteiger partial charge in [0.15, 0.2) is 0 Å². The second kappa shape index (κ2) is 4.28. The highest BCUT2D eigenvalue weighted by Gasteiger charge is 2.44. The molecule has 2 aliphatic rings. The maximum atomic E-state index is 6.07. The zero-order chi connectivity index (χ0) is 11.8. The minimum atomic E-state index is 0.0587. The van der Waals surface area contributed by atoms with Gasteiger partial charge in [-0.25, -0.2) is 0 Å². The molecule has 0 aromatic rings. The van der Waals surface area contributed by atoms with Gasteiger partial charge in [-0.05, 0) is 46.5 Å². The Bertz CT molecular complexity index is 254. The van der Waals surface area contributed by atoms with E-state index in [1.807, 2.05) is 0 Å². The average Bonchev–Trinajstić information content (AvgIpc) is 2.72. The summed E-state index contributed by atoms with van der Waals surface area (Å²) in [6.45, 7) is 8.08. The van der Waals surface area contributed by atoms with Crippen LogP contribution in [0.2, 0.25) is 0 Å². The van der Waals surface area contributed by atoms with Crippen molar-refractivity contribution in [3.63, 3.8) is 0 Å². The van der Waals surface area contributed by atoms with Crippen molar-refractivity contribution < 1.29 is 9.47 Å². The summed E-state index contributed by atoms with van der Waals surface area (Å²) in [6, 6.07) is 0. The third-order valence-corrected chi connectivity index (χ3v) is 4.42. The van der Waals surface area contributed by atoms with Crippen LogP contribution in [0.15, 0.2) is 0 Å². The van der Waals surface area contributed by atoms with E-state index in [1.54, 1.807) is 0 Å². The van der Waals surface area contributed by atoms with E-state index in [1.165, 1.54) is 6.42 Å². The molecule has 3 nitrogen and oxygen atoms in total. The van der Waals surface area contributed by atoms with E-state index < -0.39 is 0 Å². The zero-order valence-corrected chi connectivity index (χ0v) is 10.8. The fourth-order valence-corrected chi connectivity index (χ4v) is 3.11. The number of hydrogen-bond donors (Lipinski definition) is 1. The lowest BCUT2D eigenvalue weighted by molar-refractivity contribution is -0.0448. The Balaban J connectivity index is 1.98. The molecule has 3 atom stereocenters. The van der Waals surface area contributed by atoms with Crippen molar-refractivity contribution in [3.8, 4) is 0 Å². The van der Waals surface area contributed by atoms with E-state index in [0.717, 1.165) is 25.9 Å². The van der Waals surface area contributed by atoms with Crippen LogP contribution in [0.1, 0.15) is 46.5 Å². The van der Waals surface area contributed by atoms with Gasteiger partial charge < -0.3 is 15.2 Å². The number of rotatable bonds is 3. The Morgan fingerprint density at radius 3 is 2.50 bits per heavy atom. The molecule has 0 bridgehead atoms. The molecule has 0 amide bonds. The summed E-state index contributed by atoms with van der Waals surface area (Å²) in [5.41, 5.74) is 6.19. The molecule has 0 aliphatic carbocycles. The first-order chi connectivity index (χ1) is 7.47. The topological polar surface area (TPSA) is 44.5 Å². The molecule has 0 saturated carbocycles. The predicted octanol–water partition coefficient (Wildman–Crippen LogP) is 2.09. The summed E-state index contributed by atoms with van der Waals surface area (Å²) in [5.74, 6) is 0. The van der Waals surface area contributed by atoms with Crippen molar-refractivity contribution in [1.29, 1.82) is 0 Å². The molecule has 2 saturated heterocycles. The Labute approximate surface area is 98.7 Å². The molecule has 2 heterocycles. The van der Waals surface area contributed by atoms with Crippen LogP contribution in [0.4, 0.5) is 0 Å². The van der Waals surface area contributed by atoms with Gasteiger partial charge in [0.2, 0.25) is 0 Å². The minimum absolute atomic E-state index is 0.0587. The van der Waals surface area contributed by atoms with Crippen molar-refractivity contribution in [3.05, 3.63) is 0 Å². The number of ether oxygens (including phenoxy) is 2. The van der Waals surface area contributed by atoms with Gasteiger partial charge in [-0.15, -0.1) is 0 Å². The van der Waals surface area contributed by atoms with Crippen molar-refractivity contribution in [1.82, 2.24) is 0 Å². The first-order valence-corrected chi connectivity index (χ1v) is 6.47. The normalized spacial score (nSPS) is 42.8. The van der Waals surface area contributed by atoms with E-state index in [4.69, 9.17) is 15.2 Å². The van der Waals surface area contributed by atoms with Gasteiger partial charge in [0.05, 0.1) is 17.8 Å². The van der Waals surface area contributed by atoms with Gasteiger partial charge in [0, 0.05) is 18.6 Å². The van der Waals surface area contributed by atoms with E-state index in [0.29, 0.717) is 12.6 Å². The fourth-order valence-electron chi connectivity index (χ4n) is 3.11. The molecule has 2 aliphatic heterocycles. The quantitative estimate of drug-likeness (QED) is 0.803. The Hall–Kier alpha value is -0.120. The van der Waals surface area contributed by atoms with E-state index in [9.17, 15) is 0 Å². The average molecular weight is 227 g/mol. The van der Waals surface area contributed by atoms with Crippen molar-refractivity contribution >= 4 is 0 Å². The molecule has 16 heavy (non-hydrogen) atoms. The van der Waals surface area contributed by atoms with Crippen LogP contribution in [0, 0.1) is 5.41 Å². The van der Waals surface area contributed by atoms with Crippen LogP contribution in [0.5, 0.6) is 0 Å². The molecule has 3 unspecified atom stereocenters. The first-order valence-electron chi connectivity index (χ1n) is 6.47. The van der Waals surface area contributed by atoms with Crippen LogP contribution < -0.4 is 5.73 Å². The highest BCUT2D eigenvalue weighted by Crippen LogP contribution is 2.42. The first kappa shape index (κ1) is 12.3. The fraction of sp³-hybridized carbons (Fsp3) is 1.00. The maximum absolute atomic E-state index is 6.07. The van der Waals surface area contributed by atoms with Crippen LogP contribution >= 0.6 is 0 Å². The molecular formula is C13H25NO2. The largest absolute Gasteiger partial charge is 0.378 e. The van der Waals surface area contributed by atoms with Gasteiger partial charge in [-0.1, -0.05) is 0 Å². The molecule has 0 aromatic carbocycles. The van der Waals surface area contributed by atoms with Crippen LogP contribution in [-0.2, 0) is 9.47 Å². The second-order valence-electron chi connectivity index (χ2n) is 6.07. The number of nitrogens with two attached hydrogens (primary N) is 1. The molecule has 0 aromatic heterocycles. The summed E-state index contributed by atoms with van der Waals surface area (Å²) >= 11 is 0. The standard InChI is InChI=1S/C13H25NO2/c1-10-13(9-14,6-7-15-10)8-11-4-5-12(2,3)16-11/h10-11H,4-9,14H2,1-3H3. The SMILES string of the molecule is CC1OCCC1(CN)CC1CCC(C)(C)O1. The lowest BCUT2D eigenvalue weighted by Gasteiger charge is -2.33. The van der Waals surface area contributed by atoms with Gasteiger partial charge >= 0.3 is 0 Å². The Morgan fingerprint density at radius 1 is 1.31 bits per heavy atom. The molecule has 94 valence electrons. The van der Waals surface area contributed by atoms with Crippen molar-refractivity contribution in [2.45, 2.75) is 64.3 Å². The molecule has 0 spiro atoms. The van der Waals surface area contributed by atoms with E-state index in [-0.39, 0.29) is 17.1 Å². The van der Waals surface area contributed by atoms with Gasteiger partial charge in [-0.2, -0.15) is 0 Å². The molecule has 0 radical (unpaired) electrons. The predicted molar refractivity (Wildman–Crippen MR) is 64.3 cm³/mol. The highest BCUT2D eigenvalue weighted by atomic mass is 16.5. The molecule has 2 rings (SSSR count). The third-order valence-electron chi connectivity index (χ3n) is 4.42. The lowest BCUT2D eigenvalue weighted by Crippen LogP contribution is -2.40. The van der Waals surface area contributed by atoms with Gasteiger partial charge in [0.1, 0.15) is 0 Å². The number of hydrogen-bond acceptors (Lipinski definition) is 3. The minimum Gasteiger partial charge on any atom is -0.378 e. The van der Waals surface area contributed by atoms with Crippen LogP contribution in [0.25, 0.3) is 0 Å². The molecule has 2 fully saturated rings. The van der Waals surface area contributed by atoms with Crippen molar-refractivity contribution in [2.24, 2.45) is 11.1 Å². The molecule has 3 heteroatoms. The zero-order valence-electron chi connectivity index (χ0n) is 10.8. The second-order valence-corrected chi connectivity index (χ2v) is 6.07.